The first kappa shape index (κ1) is 23.0. The van der Waals surface area contributed by atoms with Gasteiger partial charge in [0.2, 0.25) is 0 Å². The van der Waals surface area contributed by atoms with Crippen molar-refractivity contribution in [1.29, 1.82) is 0 Å². The first-order valence-electron chi connectivity index (χ1n) is 10.7. The van der Waals surface area contributed by atoms with Crippen molar-refractivity contribution in [2.75, 3.05) is 17.1 Å². The van der Waals surface area contributed by atoms with E-state index in [9.17, 15) is 13.2 Å². The second-order valence-electron chi connectivity index (χ2n) is 7.61. The number of sulfonamides is 1. The Morgan fingerprint density at radius 2 is 1.72 bits per heavy atom. The number of methoxy groups -OCH3 is 1. The summed E-state index contributed by atoms with van der Waals surface area (Å²) >= 11 is 0. The van der Waals surface area contributed by atoms with Gasteiger partial charge in [-0.25, -0.2) is 13.4 Å². The van der Waals surface area contributed by atoms with Crippen LogP contribution in [0.5, 0.6) is 5.75 Å². The van der Waals surface area contributed by atoms with Gasteiger partial charge < -0.3 is 14.5 Å². The Labute approximate surface area is 206 Å². The van der Waals surface area contributed by atoms with Crippen LogP contribution in [-0.2, 0) is 10.0 Å². The molecule has 0 atom stereocenters. The summed E-state index contributed by atoms with van der Waals surface area (Å²) in [6, 6.07) is 22.2. The van der Waals surface area contributed by atoms with Gasteiger partial charge >= 0.3 is 5.91 Å². The summed E-state index contributed by atoms with van der Waals surface area (Å²) in [6.07, 6.45) is 1.45. The fourth-order valence-electron chi connectivity index (χ4n) is 3.49. The molecule has 180 valence electrons. The van der Waals surface area contributed by atoms with Crippen LogP contribution in [0.1, 0.15) is 10.7 Å². The first-order chi connectivity index (χ1) is 17.4. The number of nitrogens with zero attached hydrogens (tertiary/aromatic N) is 3. The molecule has 11 heteroatoms. The minimum absolute atomic E-state index is 0.0402. The van der Waals surface area contributed by atoms with Crippen molar-refractivity contribution in [3.63, 3.8) is 0 Å². The molecule has 0 aliphatic rings. The number of aromatic nitrogens is 3. The van der Waals surface area contributed by atoms with E-state index in [1.807, 2.05) is 42.5 Å². The Bertz CT molecular complexity index is 1670. The normalized spacial score (nSPS) is 11.2. The van der Waals surface area contributed by atoms with E-state index in [1.54, 1.807) is 18.2 Å². The monoisotopic (exact) mass is 501 g/mol. The third-order valence-electron chi connectivity index (χ3n) is 5.20. The zero-order valence-electron chi connectivity index (χ0n) is 18.9. The third kappa shape index (κ3) is 4.72. The van der Waals surface area contributed by atoms with E-state index in [0.29, 0.717) is 11.3 Å². The van der Waals surface area contributed by atoms with E-state index < -0.39 is 15.9 Å². The average molecular weight is 502 g/mol. The van der Waals surface area contributed by atoms with Crippen LogP contribution in [0.3, 0.4) is 0 Å². The molecule has 2 N–H and O–H groups in total. The molecule has 0 unspecified atom stereocenters. The van der Waals surface area contributed by atoms with Gasteiger partial charge in [-0.15, -0.1) is 10.2 Å². The van der Waals surface area contributed by atoms with E-state index >= 15 is 0 Å². The van der Waals surface area contributed by atoms with Gasteiger partial charge in [-0.2, -0.15) is 0 Å². The largest absolute Gasteiger partial charge is 0.495 e. The lowest BCUT2D eigenvalue weighted by Gasteiger charge is -2.13. The van der Waals surface area contributed by atoms with Crippen molar-refractivity contribution in [2.45, 2.75) is 4.90 Å². The van der Waals surface area contributed by atoms with Crippen LogP contribution in [0.15, 0.2) is 94.4 Å². The number of nitrogens with one attached hydrogen (secondary N) is 2. The Morgan fingerprint density at radius 3 is 2.53 bits per heavy atom. The van der Waals surface area contributed by atoms with Crippen LogP contribution in [-0.4, -0.2) is 36.6 Å². The van der Waals surface area contributed by atoms with Crippen LogP contribution in [0, 0.1) is 0 Å². The number of carbonyl (C=O) groups excluding carboxylic acids is 1. The molecular weight excluding hydrogens is 482 g/mol. The van der Waals surface area contributed by atoms with Crippen LogP contribution in [0.25, 0.3) is 22.2 Å². The molecular formula is C25H19N5O5S. The number of amides is 1. The third-order valence-corrected chi connectivity index (χ3v) is 6.58. The van der Waals surface area contributed by atoms with E-state index in [0.717, 1.165) is 10.9 Å². The standard InChI is InChI=1S/C25H19N5O5S/c1-34-20-12-11-18(27-24(31)25-26-15-21(35-25)16-7-3-2-4-8-16)14-22(20)36(32,33)30-23-13-17-9-5-6-10-19(17)28-29-23/h2-15H,1H3,(H,27,31)(H,29,30). The van der Waals surface area contributed by atoms with Gasteiger partial charge in [0, 0.05) is 16.6 Å². The van der Waals surface area contributed by atoms with Crippen molar-refractivity contribution in [3.05, 3.63) is 91.0 Å². The molecule has 0 fully saturated rings. The van der Waals surface area contributed by atoms with Crippen molar-refractivity contribution in [3.8, 4) is 17.1 Å². The maximum absolute atomic E-state index is 13.2. The van der Waals surface area contributed by atoms with Gasteiger partial charge in [0.1, 0.15) is 10.6 Å². The van der Waals surface area contributed by atoms with E-state index in [2.05, 4.69) is 25.2 Å². The molecule has 0 aliphatic carbocycles. The summed E-state index contributed by atoms with van der Waals surface area (Å²) in [5, 5.41) is 11.3. The van der Waals surface area contributed by atoms with E-state index in [-0.39, 0.29) is 28.0 Å². The average Bonchev–Trinajstić information content (AvgIpc) is 3.40. The number of rotatable bonds is 7. The maximum Gasteiger partial charge on any atom is 0.311 e. The summed E-state index contributed by atoms with van der Waals surface area (Å²) < 4.78 is 39.6. The number of fused-ring (bicyclic) bond motifs is 1. The van der Waals surface area contributed by atoms with E-state index in [1.165, 1.54) is 31.5 Å². The molecule has 0 aliphatic heterocycles. The predicted octanol–water partition coefficient (Wildman–Crippen LogP) is 4.35. The molecule has 10 nitrogen and oxygen atoms in total. The number of carbonyl (C=O) groups is 1. The van der Waals surface area contributed by atoms with Crippen molar-refractivity contribution >= 4 is 38.3 Å². The number of oxazole rings is 1. The molecule has 0 spiro atoms. The summed E-state index contributed by atoms with van der Waals surface area (Å²) in [6.45, 7) is 0. The maximum atomic E-state index is 13.2. The lowest BCUT2D eigenvalue weighted by molar-refractivity contribution is 0.0991. The number of hydrogen-bond donors (Lipinski definition) is 2. The fourth-order valence-corrected chi connectivity index (χ4v) is 4.67. The van der Waals surface area contributed by atoms with Gasteiger partial charge in [-0.05, 0) is 30.3 Å². The first-order valence-corrected chi connectivity index (χ1v) is 12.2. The SMILES string of the molecule is COc1ccc(NC(=O)c2ncc(-c3ccccc3)o2)cc1S(=O)(=O)Nc1cc2ccccc2nn1. The molecule has 2 aromatic heterocycles. The molecule has 5 aromatic rings. The Hall–Kier alpha value is -4.77. The number of ether oxygens (including phenoxy) is 1. The van der Waals surface area contributed by atoms with Crippen molar-refractivity contribution < 1.29 is 22.4 Å². The predicted molar refractivity (Wildman–Crippen MR) is 133 cm³/mol. The molecule has 5 rings (SSSR count). The van der Waals surface area contributed by atoms with Gasteiger partial charge in [-0.3, -0.25) is 9.52 Å². The van der Waals surface area contributed by atoms with Gasteiger partial charge in [0.25, 0.3) is 15.9 Å². The topological polar surface area (TPSA) is 136 Å². The molecule has 0 saturated carbocycles. The highest BCUT2D eigenvalue weighted by Gasteiger charge is 2.23. The number of benzene rings is 3. The second kappa shape index (κ2) is 9.47. The summed E-state index contributed by atoms with van der Waals surface area (Å²) in [5.41, 5.74) is 1.60. The van der Waals surface area contributed by atoms with Gasteiger partial charge in [-0.1, -0.05) is 48.5 Å². The number of anilines is 2. The summed E-state index contributed by atoms with van der Waals surface area (Å²) in [7, 11) is -2.80. The highest BCUT2D eigenvalue weighted by atomic mass is 32.2. The molecule has 1 amide bonds. The number of hydrogen-bond acceptors (Lipinski definition) is 8. The minimum atomic E-state index is -4.15. The molecule has 2 heterocycles. The molecule has 0 saturated heterocycles. The molecule has 36 heavy (non-hydrogen) atoms. The minimum Gasteiger partial charge on any atom is -0.495 e. The summed E-state index contributed by atoms with van der Waals surface area (Å²) in [4.78, 5) is 16.5. The van der Waals surface area contributed by atoms with Crippen molar-refractivity contribution in [2.24, 2.45) is 0 Å². The Kier molecular flexibility index (Phi) is 6.05. The highest BCUT2D eigenvalue weighted by molar-refractivity contribution is 7.92. The molecule has 0 radical (unpaired) electrons. The Balaban J connectivity index is 1.39. The lowest BCUT2D eigenvalue weighted by Crippen LogP contribution is -2.17. The van der Waals surface area contributed by atoms with Crippen LogP contribution < -0.4 is 14.8 Å². The van der Waals surface area contributed by atoms with Crippen LogP contribution in [0.2, 0.25) is 0 Å². The lowest BCUT2D eigenvalue weighted by atomic mass is 10.2. The summed E-state index contributed by atoms with van der Waals surface area (Å²) in [5.74, 6) is -0.257. The van der Waals surface area contributed by atoms with Crippen LogP contribution >= 0.6 is 0 Å². The Morgan fingerprint density at radius 1 is 0.944 bits per heavy atom. The molecule has 0 bridgehead atoms. The zero-order valence-corrected chi connectivity index (χ0v) is 19.7. The smallest absolute Gasteiger partial charge is 0.311 e. The van der Waals surface area contributed by atoms with Gasteiger partial charge in [0.05, 0.1) is 18.8 Å². The molecule has 3 aromatic carbocycles. The second-order valence-corrected chi connectivity index (χ2v) is 9.26. The zero-order chi connectivity index (χ0) is 25.1. The van der Waals surface area contributed by atoms with Gasteiger partial charge in [0.15, 0.2) is 11.6 Å². The highest BCUT2D eigenvalue weighted by Crippen LogP contribution is 2.29. The fraction of sp³-hybridized carbons (Fsp3) is 0.0400. The van der Waals surface area contributed by atoms with E-state index in [4.69, 9.17) is 9.15 Å². The quantitative estimate of drug-likeness (QED) is 0.336. The van der Waals surface area contributed by atoms with Crippen molar-refractivity contribution in [1.82, 2.24) is 15.2 Å². The van der Waals surface area contributed by atoms with Crippen LogP contribution in [0.4, 0.5) is 11.5 Å².